The molecule has 4 rings (SSSR count). The quantitative estimate of drug-likeness (QED) is 0.867. The van der Waals surface area contributed by atoms with Gasteiger partial charge in [-0.15, -0.1) is 0 Å². The molecular weight excluding hydrogens is 274 g/mol. The van der Waals surface area contributed by atoms with Crippen LogP contribution in [0, 0.1) is 0 Å². The summed E-state index contributed by atoms with van der Waals surface area (Å²) in [7, 11) is 2.17. The first-order valence-electron chi connectivity index (χ1n) is 8.75. The van der Waals surface area contributed by atoms with Gasteiger partial charge in [-0.05, 0) is 25.7 Å². The molecule has 0 spiro atoms. The van der Waals surface area contributed by atoms with Crippen LogP contribution in [-0.2, 0) is 0 Å². The molecule has 0 radical (unpaired) electrons. The van der Waals surface area contributed by atoms with E-state index in [9.17, 15) is 0 Å². The van der Waals surface area contributed by atoms with Crippen molar-refractivity contribution < 1.29 is 0 Å². The lowest BCUT2D eigenvalue weighted by Crippen LogP contribution is -2.34. The second-order valence-electron chi connectivity index (χ2n) is 6.86. The van der Waals surface area contributed by atoms with E-state index < -0.39 is 0 Å². The summed E-state index contributed by atoms with van der Waals surface area (Å²) >= 11 is 0. The number of rotatable bonds is 3. The summed E-state index contributed by atoms with van der Waals surface area (Å²) in [6.07, 6.45) is 15.4. The normalized spacial score (nSPS) is 20.8. The number of nitrogens with zero attached hydrogens (tertiary/aromatic N) is 5. The molecule has 0 unspecified atom stereocenters. The van der Waals surface area contributed by atoms with Gasteiger partial charge in [0.15, 0.2) is 17.0 Å². The molecule has 0 bridgehead atoms. The van der Waals surface area contributed by atoms with Crippen molar-refractivity contribution in [2.24, 2.45) is 0 Å². The average molecular weight is 299 g/mol. The molecule has 5 nitrogen and oxygen atoms in total. The van der Waals surface area contributed by atoms with E-state index in [2.05, 4.69) is 31.5 Å². The molecule has 5 heteroatoms. The fourth-order valence-electron chi connectivity index (χ4n) is 4.19. The van der Waals surface area contributed by atoms with Gasteiger partial charge in [-0.25, -0.2) is 15.0 Å². The molecule has 0 atom stereocenters. The fraction of sp³-hybridized carbons (Fsp3) is 0.706. The van der Waals surface area contributed by atoms with Crippen molar-refractivity contribution in [2.75, 3.05) is 11.9 Å². The zero-order valence-corrected chi connectivity index (χ0v) is 13.4. The number of hydrogen-bond acceptors (Lipinski definition) is 4. The number of aromatic nitrogens is 4. The van der Waals surface area contributed by atoms with E-state index in [1.807, 2.05) is 6.33 Å². The van der Waals surface area contributed by atoms with Crippen LogP contribution < -0.4 is 4.90 Å². The number of imidazole rings is 1. The molecule has 0 aliphatic heterocycles. The fourth-order valence-corrected chi connectivity index (χ4v) is 4.19. The van der Waals surface area contributed by atoms with Crippen LogP contribution in [0.5, 0.6) is 0 Å². The summed E-state index contributed by atoms with van der Waals surface area (Å²) in [5.41, 5.74) is 1.99. The lowest BCUT2D eigenvalue weighted by Gasteiger charge is -2.32. The van der Waals surface area contributed by atoms with Gasteiger partial charge in [-0.2, -0.15) is 0 Å². The van der Waals surface area contributed by atoms with E-state index >= 15 is 0 Å². The maximum atomic E-state index is 4.68. The van der Waals surface area contributed by atoms with Crippen LogP contribution >= 0.6 is 0 Å². The highest BCUT2D eigenvalue weighted by Crippen LogP contribution is 2.33. The third-order valence-electron chi connectivity index (χ3n) is 5.51. The largest absolute Gasteiger partial charge is 0.355 e. The van der Waals surface area contributed by atoms with Gasteiger partial charge < -0.3 is 9.47 Å². The van der Waals surface area contributed by atoms with Crippen LogP contribution in [0.15, 0.2) is 12.7 Å². The molecule has 0 aromatic carbocycles. The first-order chi connectivity index (χ1) is 10.8. The Kier molecular flexibility index (Phi) is 3.72. The molecule has 2 saturated carbocycles. The lowest BCUT2D eigenvalue weighted by molar-refractivity contribution is 0.426. The SMILES string of the molecule is CN(c1ncnc2c1ncn2C1CCCC1)C1CCCCC1. The molecule has 0 saturated heterocycles. The Bertz CT molecular complexity index is 638. The minimum absolute atomic E-state index is 0.577. The first-order valence-corrected chi connectivity index (χ1v) is 8.75. The molecule has 0 amide bonds. The predicted molar refractivity (Wildman–Crippen MR) is 88.1 cm³/mol. The van der Waals surface area contributed by atoms with Crippen molar-refractivity contribution in [3.63, 3.8) is 0 Å². The Morgan fingerprint density at radius 1 is 0.955 bits per heavy atom. The first kappa shape index (κ1) is 14.0. The maximum Gasteiger partial charge on any atom is 0.165 e. The highest BCUT2D eigenvalue weighted by atomic mass is 15.2. The molecular formula is C17H25N5. The van der Waals surface area contributed by atoms with Crippen LogP contribution in [0.4, 0.5) is 5.82 Å². The highest BCUT2D eigenvalue weighted by molar-refractivity contribution is 5.83. The van der Waals surface area contributed by atoms with Gasteiger partial charge in [-0.1, -0.05) is 32.1 Å². The average Bonchev–Trinajstić information content (AvgIpc) is 3.23. The number of fused-ring (bicyclic) bond motifs is 1. The maximum absolute atomic E-state index is 4.68. The zero-order chi connectivity index (χ0) is 14.9. The Labute approximate surface area is 131 Å². The van der Waals surface area contributed by atoms with Crippen LogP contribution in [0.3, 0.4) is 0 Å². The lowest BCUT2D eigenvalue weighted by atomic mass is 9.94. The Balaban J connectivity index is 1.69. The van der Waals surface area contributed by atoms with Gasteiger partial charge in [0.1, 0.15) is 6.33 Å². The zero-order valence-electron chi connectivity index (χ0n) is 13.4. The summed E-state index contributed by atoms with van der Waals surface area (Å²) in [6, 6.07) is 1.18. The van der Waals surface area contributed by atoms with E-state index in [-0.39, 0.29) is 0 Å². The van der Waals surface area contributed by atoms with Gasteiger partial charge >= 0.3 is 0 Å². The topological polar surface area (TPSA) is 46.8 Å². The minimum Gasteiger partial charge on any atom is -0.355 e. The van der Waals surface area contributed by atoms with Crippen molar-refractivity contribution >= 4 is 17.0 Å². The number of anilines is 1. The van der Waals surface area contributed by atoms with E-state index in [0.717, 1.165) is 17.0 Å². The van der Waals surface area contributed by atoms with E-state index in [1.165, 1.54) is 57.8 Å². The van der Waals surface area contributed by atoms with E-state index in [0.29, 0.717) is 12.1 Å². The van der Waals surface area contributed by atoms with Crippen molar-refractivity contribution in [2.45, 2.75) is 69.9 Å². The molecule has 2 heterocycles. The Morgan fingerprint density at radius 2 is 1.68 bits per heavy atom. The van der Waals surface area contributed by atoms with E-state index in [1.54, 1.807) is 6.33 Å². The summed E-state index contributed by atoms with van der Waals surface area (Å²) in [4.78, 5) is 16.1. The number of hydrogen-bond donors (Lipinski definition) is 0. The van der Waals surface area contributed by atoms with Crippen LogP contribution in [-0.4, -0.2) is 32.6 Å². The van der Waals surface area contributed by atoms with Gasteiger partial charge in [0.2, 0.25) is 0 Å². The highest BCUT2D eigenvalue weighted by Gasteiger charge is 2.24. The molecule has 2 aromatic rings. The van der Waals surface area contributed by atoms with Crippen molar-refractivity contribution in [1.29, 1.82) is 0 Å². The summed E-state index contributed by atoms with van der Waals surface area (Å²) in [5, 5.41) is 0. The van der Waals surface area contributed by atoms with Gasteiger partial charge in [0, 0.05) is 19.1 Å². The molecule has 22 heavy (non-hydrogen) atoms. The van der Waals surface area contributed by atoms with Crippen LogP contribution in [0.25, 0.3) is 11.2 Å². The Morgan fingerprint density at radius 3 is 2.45 bits per heavy atom. The third-order valence-corrected chi connectivity index (χ3v) is 5.51. The van der Waals surface area contributed by atoms with Gasteiger partial charge in [-0.3, -0.25) is 0 Å². The molecule has 118 valence electrons. The third kappa shape index (κ3) is 2.36. The molecule has 2 fully saturated rings. The van der Waals surface area contributed by atoms with Crippen LogP contribution in [0.2, 0.25) is 0 Å². The minimum atomic E-state index is 0.577. The van der Waals surface area contributed by atoms with Crippen molar-refractivity contribution in [3.8, 4) is 0 Å². The monoisotopic (exact) mass is 299 g/mol. The smallest absolute Gasteiger partial charge is 0.165 e. The molecule has 2 aromatic heterocycles. The van der Waals surface area contributed by atoms with Gasteiger partial charge in [0.25, 0.3) is 0 Å². The molecule has 2 aliphatic carbocycles. The summed E-state index contributed by atoms with van der Waals surface area (Å²) in [6.45, 7) is 0. The van der Waals surface area contributed by atoms with Crippen molar-refractivity contribution in [1.82, 2.24) is 19.5 Å². The van der Waals surface area contributed by atoms with Gasteiger partial charge in [0.05, 0.1) is 6.33 Å². The Hall–Kier alpha value is -1.65. The second-order valence-corrected chi connectivity index (χ2v) is 6.86. The standard InChI is InChI=1S/C17H25N5/c1-21(13-7-3-2-4-8-13)16-15-17(19-11-18-16)22(12-20-15)14-9-5-6-10-14/h11-14H,2-10H2,1H3. The van der Waals surface area contributed by atoms with Crippen molar-refractivity contribution in [3.05, 3.63) is 12.7 Å². The van der Waals surface area contributed by atoms with Crippen LogP contribution in [0.1, 0.15) is 63.8 Å². The predicted octanol–water partition coefficient (Wildman–Crippen LogP) is 3.71. The summed E-state index contributed by atoms with van der Waals surface area (Å²) < 4.78 is 2.28. The van der Waals surface area contributed by atoms with E-state index in [4.69, 9.17) is 0 Å². The molecule has 0 N–H and O–H groups in total. The molecule has 2 aliphatic rings. The second kappa shape index (κ2) is 5.86. The summed E-state index contributed by atoms with van der Waals surface area (Å²) in [5.74, 6) is 1.01.